The van der Waals surface area contributed by atoms with E-state index in [2.05, 4.69) is 4.98 Å². The van der Waals surface area contributed by atoms with E-state index < -0.39 is 16.0 Å². The predicted octanol–water partition coefficient (Wildman–Crippen LogP) is 2.40. The number of methoxy groups -OCH3 is 1. The first-order chi connectivity index (χ1) is 12.4. The highest BCUT2D eigenvalue weighted by Crippen LogP contribution is 2.34. The molecule has 9 heteroatoms. The lowest BCUT2D eigenvalue weighted by Crippen LogP contribution is -2.38. The average Bonchev–Trinajstić information content (AvgIpc) is 2.68. The van der Waals surface area contributed by atoms with Gasteiger partial charge in [0.2, 0.25) is 5.88 Å². The maximum atomic E-state index is 12.9. The molecule has 0 amide bonds. The van der Waals surface area contributed by atoms with Gasteiger partial charge in [0.1, 0.15) is 18.0 Å². The van der Waals surface area contributed by atoms with Crippen LogP contribution in [0.1, 0.15) is 24.2 Å². The zero-order chi connectivity index (χ0) is 19.3. The Morgan fingerprint density at radius 1 is 1.27 bits per heavy atom. The Hall–Kier alpha value is -2.81. The van der Waals surface area contributed by atoms with E-state index in [1.54, 1.807) is 12.1 Å². The number of pyridine rings is 1. The average molecular weight is 380 g/mol. The van der Waals surface area contributed by atoms with Crippen LogP contribution in [0.15, 0.2) is 41.4 Å². The molecule has 1 aromatic carbocycles. The molecule has 140 valence electrons. The molecule has 0 spiro atoms. The molecule has 26 heavy (non-hydrogen) atoms. The van der Waals surface area contributed by atoms with Gasteiger partial charge in [0.25, 0.3) is 10.0 Å². The minimum atomic E-state index is -3.88. The monoisotopic (exact) mass is 380 g/mol. The Kier molecular flexibility index (Phi) is 6.04. The molecule has 1 aliphatic rings. The molecule has 3 rings (SSSR count). The second-order valence-electron chi connectivity index (χ2n) is 4.95. The van der Waals surface area contributed by atoms with Gasteiger partial charge < -0.3 is 14.6 Å². The van der Waals surface area contributed by atoms with E-state index in [1.165, 1.54) is 25.3 Å². The second kappa shape index (κ2) is 8.05. The molecule has 0 atom stereocenters. The molecule has 1 aromatic heterocycles. The molecule has 0 aliphatic carbocycles. The maximum absolute atomic E-state index is 12.9. The first kappa shape index (κ1) is 19.5. The van der Waals surface area contributed by atoms with Crippen molar-refractivity contribution in [1.29, 1.82) is 0 Å². The number of aromatic carboxylic acids is 1. The summed E-state index contributed by atoms with van der Waals surface area (Å²) in [5.74, 6) is -0.577. The van der Waals surface area contributed by atoms with Gasteiger partial charge in [-0.2, -0.15) is 0 Å². The highest BCUT2D eigenvalue weighted by Gasteiger charge is 2.31. The second-order valence-corrected chi connectivity index (χ2v) is 6.82. The Balaban J connectivity index is 0.00000117. The van der Waals surface area contributed by atoms with Crippen molar-refractivity contribution in [2.24, 2.45) is 0 Å². The number of anilines is 1. The van der Waals surface area contributed by atoms with Crippen molar-refractivity contribution in [3.63, 3.8) is 0 Å². The summed E-state index contributed by atoms with van der Waals surface area (Å²) in [6, 6.07) is 7.18. The SMILES string of the molecule is CC.COc1ccc(S(=O)(=O)N2CCOc3ncc(C(=O)O)cc32)cc1. The highest BCUT2D eigenvalue weighted by atomic mass is 32.2. The van der Waals surface area contributed by atoms with Crippen LogP contribution in [0, 0.1) is 0 Å². The standard InChI is InChI=1S/C15H14N2O6S.C2H6/c1-22-11-2-4-12(5-3-11)24(20,21)17-6-7-23-14-13(17)8-10(9-16-14)15(18)19;1-2/h2-5,8-9H,6-7H2,1H3,(H,18,19);1-2H3. The molecular formula is C17H20N2O6S. The Bertz CT molecular complexity index is 881. The van der Waals surface area contributed by atoms with E-state index in [9.17, 15) is 13.2 Å². The number of ether oxygens (including phenoxy) is 2. The number of carboxylic acid groups (broad SMARTS) is 1. The van der Waals surface area contributed by atoms with Crippen LogP contribution in [0.3, 0.4) is 0 Å². The summed E-state index contributed by atoms with van der Waals surface area (Å²) in [5.41, 5.74) is -0.00820. The number of hydrogen-bond acceptors (Lipinski definition) is 6. The molecule has 0 saturated carbocycles. The summed E-state index contributed by atoms with van der Waals surface area (Å²) in [7, 11) is -2.39. The lowest BCUT2D eigenvalue weighted by molar-refractivity contribution is 0.0696. The number of fused-ring (bicyclic) bond motifs is 1. The summed E-state index contributed by atoms with van der Waals surface area (Å²) < 4.78 is 37.2. The van der Waals surface area contributed by atoms with Crippen molar-refractivity contribution < 1.29 is 27.8 Å². The maximum Gasteiger partial charge on any atom is 0.337 e. The van der Waals surface area contributed by atoms with Gasteiger partial charge in [-0.3, -0.25) is 4.31 Å². The van der Waals surface area contributed by atoms with Crippen molar-refractivity contribution in [2.45, 2.75) is 18.7 Å². The lowest BCUT2D eigenvalue weighted by atomic mass is 10.2. The van der Waals surface area contributed by atoms with E-state index in [4.69, 9.17) is 14.6 Å². The number of carboxylic acids is 1. The molecule has 2 heterocycles. The lowest BCUT2D eigenvalue weighted by Gasteiger charge is -2.29. The summed E-state index contributed by atoms with van der Waals surface area (Å²) >= 11 is 0. The summed E-state index contributed by atoms with van der Waals surface area (Å²) in [6.07, 6.45) is 1.13. The molecule has 0 bridgehead atoms. The van der Waals surface area contributed by atoms with Gasteiger partial charge in [0.15, 0.2) is 0 Å². The topological polar surface area (TPSA) is 106 Å². The number of benzene rings is 1. The number of nitrogens with zero attached hydrogens (tertiary/aromatic N) is 2. The fourth-order valence-electron chi connectivity index (χ4n) is 2.32. The molecule has 0 unspecified atom stereocenters. The van der Waals surface area contributed by atoms with Gasteiger partial charge in [0, 0.05) is 6.20 Å². The quantitative estimate of drug-likeness (QED) is 0.868. The predicted molar refractivity (Wildman–Crippen MR) is 95.6 cm³/mol. The van der Waals surface area contributed by atoms with Crippen molar-refractivity contribution in [1.82, 2.24) is 4.98 Å². The zero-order valence-electron chi connectivity index (χ0n) is 14.7. The third-order valence-electron chi connectivity index (χ3n) is 3.53. The molecule has 1 aliphatic heterocycles. The highest BCUT2D eigenvalue weighted by molar-refractivity contribution is 7.92. The summed E-state index contributed by atoms with van der Waals surface area (Å²) in [6.45, 7) is 4.19. The van der Waals surface area contributed by atoms with Gasteiger partial charge in [-0.1, -0.05) is 13.8 Å². The number of aromatic nitrogens is 1. The third kappa shape index (κ3) is 3.72. The summed E-state index contributed by atoms with van der Waals surface area (Å²) in [5, 5.41) is 9.09. The van der Waals surface area contributed by atoms with Crippen LogP contribution in [0.2, 0.25) is 0 Å². The Labute approximate surface area is 152 Å². The van der Waals surface area contributed by atoms with Crippen LogP contribution in [0.5, 0.6) is 11.6 Å². The van der Waals surface area contributed by atoms with Gasteiger partial charge in [-0.25, -0.2) is 18.2 Å². The number of rotatable bonds is 4. The van der Waals surface area contributed by atoms with Crippen LogP contribution < -0.4 is 13.8 Å². The molecule has 0 radical (unpaired) electrons. The van der Waals surface area contributed by atoms with E-state index >= 15 is 0 Å². The molecule has 0 saturated heterocycles. The molecule has 2 aromatic rings. The van der Waals surface area contributed by atoms with Gasteiger partial charge >= 0.3 is 5.97 Å². The van der Waals surface area contributed by atoms with E-state index in [-0.39, 0.29) is 35.2 Å². The van der Waals surface area contributed by atoms with Gasteiger partial charge in [-0.05, 0) is 30.3 Å². The molecule has 8 nitrogen and oxygen atoms in total. The third-order valence-corrected chi connectivity index (χ3v) is 5.36. The number of hydrogen-bond donors (Lipinski definition) is 1. The van der Waals surface area contributed by atoms with Crippen molar-refractivity contribution in [2.75, 3.05) is 24.6 Å². The van der Waals surface area contributed by atoms with Crippen LogP contribution >= 0.6 is 0 Å². The van der Waals surface area contributed by atoms with Crippen molar-refractivity contribution in [3.05, 3.63) is 42.1 Å². The number of carbonyl (C=O) groups is 1. The van der Waals surface area contributed by atoms with E-state index in [0.717, 1.165) is 10.5 Å². The molecule has 0 fully saturated rings. The van der Waals surface area contributed by atoms with E-state index in [0.29, 0.717) is 5.75 Å². The Morgan fingerprint density at radius 3 is 2.50 bits per heavy atom. The molecular weight excluding hydrogens is 360 g/mol. The smallest absolute Gasteiger partial charge is 0.337 e. The van der Waals surface area contributed by atoms with Crippen LogP contribution in [0.25, 0.3) is 0 Å². The number of sulfonamides is 1. The van der Waals surface area contributed by atoms with Crippen molar-refractivity contribution in [3.8, 4) is 11.6 Å². The zero-order valence-corrected chi connectivity index (χ0v) is 15.5. The van der Waals surface area contributed by atoms with Crippen molar-refractivity contribution >= 4 is 21.7 Å². The largest absolute Gasteiger partial charge is 0.497 e. The molecule has 1 N–H and O–H groups in total. The van der Waals surface area contributed by atoms with Gasteiger partial charge in [-0.15, -0.1) is 0 Å². The van der Waals surface area contributed by atoms with Crippen LogP contribution in [-0.4, -0.2) is 44.7 Å². The fourth-order valence-corrected chi connectivity index (χ4v) is 3.76. The summed E-state index contributed by atoms with van der Waals surface area (Å²) in [4.78, 5) is 15.1. The first-order valence-electron chi connectivity index (χ1n) is 7.96. The van der Waals surface area contributed by atoms with Crippen LogP contribution in [0.4, 0.5) is 5.69 Å². The van der Waals surface area contributed by atoms with Gasteiger partial charge in [0.05, 0.1) is 24.1 Å². The minimum Gasteiger partial charge on any atom is -0.497 e. The minimum absolute atomic E-state index is 0.0616. The fraction of sp³-hybridized carbons (Fsp3) is 0.294. The first-order valence-corrected chi connectivity index (χ1v) is 9.40. The normalized spacial score (nSPS) is 13.0. The Morgan fingerprint density at radius 2 is 1.92 bits per heavy atom. The van der Waals surface area contributed by atoms with Crippen LogP contribution in [-0.2, 0) is 10.0 Å². The van der Waals surface area contributed by atoms with E-state index in [1.807, 2.05) is 13.8 Å².